The molecule has 3 aliphatic heterocycles. The third-order valence-electron chi connectivity index (χ3n) is 8.40. The Hall–Kier alpha value is -2.03. The van der Waals surface area contributed by atoms with Crippen LogP contribution in [0.15, 0.2) is 24.3 Å². The lowest BCUT2D eigenvalue weighted by Crippen LogP contribution is -2.58. The highest BCUT2D eigenvalue weighted by Gasteiger charge is 2.54. The van der Waals surface area contributed by atoms with Crippen LogP contribution >= 0.6 is 0 Å². The summed E-state index contributed by atoms with van der Waals surface area (Å²) < 4.78 is 25.5. The minimum atomic E-state index is -0.609. The van der Waals surface area contributed by atoms with Crippen molar-refractivity contribution in [3.63, 3.8) is 0 Å². The van der Waals surface area contributed by atoms with Crippen molar-refractivity contribution >= 4 is 11.8 Å². The molecule has 0 bridgehead atoms. The standard InChI is InChI=1S/C29H44FN3O4/c1-6-19(2)27(34)31-26(29(3,4)5)28(35)32-14-11-23-25(32)24(17-33(23)22-12-15-36-16-13-22)37-18-20-7-9-21(30)10-8-20/h7-10,19,22-26H,6,11-18H2,1-5H3,(H,31,34)/t19-,23-,24+,25+,26-/m1/s1. The highest BCUT2D eigenvalue weighted by Crippen LogP contribution is 2.38. The number of amides is 2. The summed E-state index contributed by atoms with van der Waals surface area (Å²) in [5.74, 6) is -0.520. The number of rotatable bonds is 8. The topological polar surface area (TPSA) is 71.1 Å². The van der Waals surface area contributed by atoms with E-state index in [0.717, 1.165) is 51.0 Å². The Morgan fingerprint density at radius 3 is 2.46 bits per heavy atom. The minimum absolute atomic E-state index is 0.0270. The maximum atomic E-state index is 14.1. The van der Waals surface area contributed by atoms with E-state index in [-0.39, 0.29) is 41.7 Å². The molecular formula is C29H44FN3O4. The summed E-state index contributed by atoms with van der Waals surface area (Å²) in [6, 6.07) is 6.33. The van der Waals surface area contributed by atoms with Gasteiger partial charge in [-0.3, -0.25) is 14.5 Å². The second-order valence-electron chi connectivity index (χ2n) is 12.0. The van der Waals surface area contributed by atoms with E-state index in [1.165, 1.54) is 12.1 Å². The first-order chi connectivity index (χ1) is 17.6. The van der Waals surface area contributed by atoms with E-state index < -0.39 is 11.5 Å². The average molecular weight is 518 g/mol. The molecule has 37 heavy (non-hydrogen) atoms. The first-order valence-electron chi connectivity index (χ1n) is 13.9. The summed E-state index contributed by atoms with van der Waals surface area (Å²) >= 11 is 0. The van der Waals surface area contributed by atoms with Crippen molar-refractivity contribution < 1.29 is 23.5 Å². The Balaban J connectivity index is 1.55. The smallest absolute Gasteiger partial charge is 0.246 e. The number of carbonyl (C=O) groups is 2. The Kier molecular flexibility index (Phi) is 8.92. The van der Waals surface area contributed by atoms with Crippen LogP contribution in [0.1, 0.15) is 65.9 Å². The van der Waals surface area contributed by atoms with E-state index in [9.17, 15) is 14.0 Å². The Bertz CT molecular complexity index is 928. The molecule has 206 valence electrons. The molecular weight excluding hydrogens is 473 g/mol. The van der Waals surface area contributed by atoms with Gasteiger partial charge in [0.05, 0.1) is 18.8 Å². The second-order valence-corrected chi connectivity index (χ2v) is 12.0. The maximum Gasteiger partial charge on any atom is 0.246 e. The van der Waals surface area contributed by atoms with Crippen molar-refractivity contribution in [2.24, 2.45) is 11.3 Å². The van der Waals surface area contributed by atoms with Crippen LogP contribution < -0.4 is 5.32 Å². The largest absolute Gasteiger partial charge is 0.381 e. The van der Waals surface area contributed by atoms with Crippen molar-refractivity contribution in [1.29, 1.82) is 0 Å². The molecule has 0 radical (unpaired) electrons. The predicted molar refractivity (Wildman–Crippen MR) is 140 cm³/mol. The van der Waals surface area contributed by atoms with Gasteiger partial charge in [0.15, 0.2) is 0 Å². The fourth-order valence-electron chi connectivity index (χ4n) is 5.97. The summed E-state index contributed by atoms with van der Waals surface area (Å²) in [6.07, 6.45) is 3.43. The maximum absolute atomic E-state index is 14.1. The summed E-state index contributed by atoms with van der Waals surface area (Å²) in [5, 5.41) is 3.08. The first-order valence-corrected chi connectivity index (χ1v) is 13.9. The SMILES string of the molecule is CC[C@@H](C)C(=O)N[C@H](C(=O)N1CC[C@@H]2[C@H]1[C@@H](OCc1ccc(F)cc1)CN2C1CCOCC1)C(C)(C)C. The number of carbonyl (C=O) groups excluding carboxylic acids is 2. The number of ether oxygens (including phenoxy) is 2. The Morgan fingerprint density at radius 1 is 1.16 bits per heavy atom. The summed E-state index contributed by atoms with van der Waals surface area (Å²) in [4.78, 5) is 31.4. The number of hydrogen-bond donors (Lipinski definition) is 1. The fraction of sp³-hybridized carbons (Fsp3) is 0.724. The van der Waals surface area contributed by atoms with E-state index in [0.29, 0.717) is 19.2 Å². The number of nitrogens with zero attached hydrogens (tertiary/aromatic N) is 2. The third kappa shape index (κ3) is 6.35. The zero-order valence-corrected chi connectivity index (χ0v) is 23.0. The number of fused-ring (bicyclic) bond motifs is 1. The van der Waals surface area contributed by atoms with Gasteiger partial charge < -0.3 is 19.7 Å². The minimum Gasteiger partial charge on any atom is -0.381 e. The van der Waals surface area contributed by atoms with Gasteiger partial charge in [-0.2, -0.15) is 0 Å². The monoisotopic (exact) mass is 517 g/mol. The van der Waals surface area contributed by atoms with Gasteiger partial charge in [-0.15, -0.1) is 0 Å². The highest BCUT2D eigenvalue weighted by atomic mass is 19.1. The highest BCUT2D eigenvalue weighted by molar-refractivity contribution is 5.89. The molecule has 8 heteroatoms. The average Bonchev–Trinajstić information content (AvgIpc) is 3.47. The van der Waals surface area contributed by atoms with Crippen LogP contribution in [0.3, 0.4) is 0 Å². The zero-order valence-electron chi connectivity index (χ0n) is 23.0. The van der Waals surface area contributed by atoms with Crippen LogP contribution in [0.4, 0.5) is 4.39 Å². The molecule has 1 N–H and O–H groups in total. The van der Waals surface area contributed by atoms with E-state index in [2.05, 4.69) is 10.2 Å². The molecule has 1 aromatic rings. The number of halogens is 1. The van der Waals surface area contributed by atoms with Crippen LogP contribution in [-0.4, -0.2) is 78.2 Å². The normalized spacial score (nSPS) is 26.6. The Labute approximate surface area is 221 Å². The summed E-state index contributed by atoms with van der Waals surface area (Å²) in [6.45, 7) is 13.2. The van der Waals surface area contributed by atoms with Gasteiger partial charge in [0, 0.05) is 44.3 Å². The molecule has 3 fully saturated rings. The second kappa shape index (κ2) is 11.8. The molecule has 1 aromatic carbocycles. The predicted octanol–water partition coefficient (Wildman–Crippen LogP) is 3.75. The Morgan fingerprint density at radius 2 is 1.84 bits per heavy atom. The lowest BCUT2D eigenvalue weighted by Gasteiger charge is -2.37. The van der Waals surface area contributed by atoms with Crippen LogP contribution in [0.2, 0.25) is 0 Å². The number of benzene rings is 1. The van der Waals surface area contributed by atoms with Gasteiger partial charge >= 0.3 is 0 Å². The number of likely N-dealkylation sites (tertiary alicyclic amines) is 2. The molecule has 0 aromatic heterocycles. The van der Waals surface area contributed by atoms with E-state index in [4.69, 9.17) is 9.47 Å². The summed E-state index contributed by atoms with van der Waals surface area (Å²) in [5.41, 5.74) is 0.480. The quantitative estimate of drug-likeness (QED) is 0.569. The van der Waals surface area contributed by atoms with Gasteiger partial charge in [-0.25, -0.2) is 4.39 Å². The van der Waals surface area contributed by atoms with E-state index in [1.807, 2.05) is 39.5 Å². The van der Waals surface area contributed by atoms with E-state index in [1.54, 1.807) is 12.1 Å². The molecule has 2 amide bonds. The van der Waals surface area contributed by atoms with Gasteiger partial charge in [-0.05, 0) is 48.8 Å². The van der Waals surface area contributed by atoms with Gasteiger partial charge in [-0.1, -0.05) is 46.8 Å². The van der Waals surface area contributed by atoms with Crippen LogP contribution in [0.5, 0.6) is 0 Å². The first kappa shape index (κ1) is 28.0. The van der Waals surface area contributed by atoms with Crippen molar-refractivity contribution in [3.05, 3.63) is 35.6 Å². The van der Waals surface area contributed by atoms with Crippen LogP contribution in [0.25, 0.3) is 0 Å². The zero-order chi connectivity index (χ0) is 26.7. The van der Waals surface area contributed by atoms with Gasteiger partial charge in [0.1, 0.15) is 11.9 Å². The van der Waals surface area contributed by atoms with Crippen molar-refractivity contribution in [3.8, 4) is 0 Å². The van der Waals surface area contributed by atoms with Crippen molar-refractivity contribution in [2.75, 3.05) is 26.3 Å². The molecule has 0 unspecified atom stereocenters. The molecule has 0 aliphatic carbocycles. The molecule has 5 atom stereocenters. The molecule has 0 spiro atoms. The van der Waals surface area contributed by atoms with Gasteiger partial charge in [0.2, 0.25) is 11.8 Å². The van der Waals surface area contributed by atoms with Crippen LogP contribution in [0, 0.1) is 17.2 Å². The lowest BCUT2D eigenvalue weighted by atomic mass is 9.85. The third-order valence-corrected chi connectivity index (χ3v) is 8.40. The van der Waals surface area contributed by atoms with E-state index >= 15 is 0 Å². The molecule has 4 rings (SSSR count). The van der Waals surface area contributed by atoms with Gasteiger partial charge in [0.25, 0.3) is 0 Å². The van der Waals surface area contributed by atoms with Crippen LogP contribution in [-0.2, 0) is 25.7 Å². The molecule has 3 aliphatic rings. The molecule has 0 saturated carbocycles. The number of nitrogens with one attached hydrogen (secondary N) is 1. The lowest BCUT2D eigenvalue weighted by molar-refractivity contribution is -0.143. The molecule has 3 saturated heterocycles. The number of hydrogen-bond acceptors (Lipinski definition) is 5. The van der Waals surface area contributed by atoms with Crippen molar-refractivity contribution in [1.82, 2.24) is 15.1 Å². The van der Waals surface area contributed by atoms with Crippen molar-refractivity contribution in [2.45, 2.75) is 97.2 Å². The summed E-state index contributed by atoms with van der Waals surface area (Å²) in [7, 11) is 0. The molecule has 7 nitrogen and oxygen atoms in total. The molecule has 3 heterocycles. The fourth-order valence-corrected chi connectivity index (χ4v) is 5.97.